The van der Waals surface area contributed by atoms with Crippen molar-refractivity contribution < 1.29 is 4.74 Å². The molecule has 0 amide bonds. The lowest BCUT2D eigenvalue weighted by Crippen LogP contribution is -2.18. The first-order chi connectivity index (χ1) is 9.36. The van der Waals surface area contributed by atoms with E-state index in [0.29, 0.717) is 11.8 Å². The minimum atomic E-state index is 0.474. The van der Waals surface area contributed by atoms with Crippen molar-refractivity contribution in [1.29, 1.82) is 0 Å². The molecule has 0 unspecified atom stereocenters. The SMILES string of the molecule is CNc1cc(C2CCCC2)nc(C2CCOCC2)n1. The van der Waals surface area contributed by atoms with Crippen molar-refractivity contribution >= 4 is 5.82 Å². The maximum absolute atomic E-state index is 5.44. The molecular weight excluding hydrogens is 238 g/mol. The van der Waals surface area contributed by atoms with Crippen molar-refractivity contribution in [3.63, 3.8) is 0 Å². The van der Waals surface area contributed by atoms with Crippen LogP contribution in [0.1, 0.15) is 61.9 Å². The zero-order valence-corrected chi connectivity index (χ0v) is 11.7. The van der Waals surface area contributed by atoms with Crippen LogP contribution in [0.2, 0.25) is 0 Å². The van der Waals surface area contributed by atoms with Crippen LogP contribution < -0.4 is 5.32 Å². The maximum atomic E-state index is 5.44. The monoisotopic (exact) mass is 261 g/mol. The van der Waals surface area contributed by atoms with E-state index in [4.69, 9.17) is 9.72 Å². The predicted molar refractivity (Wildman–Crippen MR) is 75.6 cm³/mol. The highest BCUT2D eigenvalue weighted by Gasteiger charge is 2.23. The van der Waals surface area contributed by atoms with Crippen LogP contribution >= 0.6 is 0 Å². The van der Waals surface area contributed by atoms with Crippen molar-refractivity contribution in [3.8, 4) is 0 Å². The molecule has 3 rings (SSSR count). The predicted octanol–water partition coefficient (Wildman–Crippen LogP) is 3.07. The molecule has 0 atom stereocenters. The van der Waals surface area contributed by atoms with Gasteiger partial charge in [-0.3, -0.25) is 0 Å². The smallest absolute Gasteiger partial charge is 0.134 e. The first kappa shape index (κ1) is 12.9. The minimum Gasteiger partial charge on any atom is -0.381 e. The van der Waals surface area contributed by atoms with Gasteiger partial charge in [0.1, 0.15) is 11.6 Å². The highest BCUT2D eigenvalue weighted by Crippen LogP contribution is 2.35. The van der Waals surface area contributed by atoms with Gasteiger partial charge in [-0.25, -0.2) is 9.97 Å². The summed E-state index contributed by atoms with van der Waals surface area (Å²) >= 11 is 0. The zero-order valence-electron chi connectivity index (χ0n) is 11.7. The average Bonchev–Trinajstić information content (AvgIpc) is 3.02. The molecule has 0 bridgehead atoms. The largest absolute Gasteiger partial charge is 0.381 e. The quantitative estimate of drug-likeness (QED) is 0.908. The summed E-state index contributed by atoms with van der Waals surface area (Å²) in [6.07, 6.45) is 7.36. The molecule has 19 heavy (non-hydrogen) atoms. The Kier molecular flexibility index (Phi) is 3.97. The van der Waals surface area contributed by atoms with Crippen LogP contribution in [0, 0.1) is 0 Å². The third-order valence-corrected chi connectivity index (χ3v) is 4.38. The molecule has 2 aliphatic rings. The Morgan fingerprint density at radius 3 is 2.47 bits per heavy atom. The molecule has 4 nitrogen and oxygen atoms in total. The molecule has 1 aromatic heterocycles. The molecule has 2 heterocycles. The fourth-order valence-electron chi connectivity index (χ4n) is 3.18. The van der Waals surface area contributed by atoms with E-state index in [1.165, 1.54) is 31.4 Å². The van der Waals surface area contributed by atoms with E-state index < -0.39 is 0 Å². The van der Waals surface area contributed by atoms with Crippen molar-refractivity contribution in [2.45, 2.75) is 50.4 Å². The summed E-state index contributed by atoms with van der Waals surface area (Å²) in [7, 11) is 1.94. The van der Waals surface area contributed by atoms with Crippen molar-refractivity contribution in [2.24, 2.45) is 0 Å². The Hall–Kier alpha value is -1.16. The number of anilines is 1. The molecule has 1 saturated heterocycles. The van der Waals surface area contributed by atoms with E-state index >= 15 is 0 Å². The van der Waals surface area contributed by atoms with Crippen LogP contribution in [0.25, 0.3) is 0 Å². The first-order valence-corrected chi connectivity index (χ1v) is 7.51. The van der Waals surface area contributed by atoms with Crippen molar-refractivity contribution in [3.05, 3.63) is 17.6 Å². The molecule has 1 saturated carbocycles. The second-order valence-electron chi connectivity index (χ2n) is 5.65. The van der Waals surface area contributed by atoms with Gasteiger partial charge in [-0.1, -0.05) is 12.8 Å². The second-order valence-corrected chi connectivity index (χ2v) is 5.65. The summed E-state index contributed by atoms with van der Waals surface area (Å²) in [6, 6.07) is 2.14. The van der Waals surface area contributed by atoms with Crippen LogP contribution in [0.4, 0.5) is 5.82 Å². The summed E-state index contributed by atoms with van der Waals surface area (Å²) in [6.45, 7) is 1.69. The third kappa shape index (κ3) is 2.89. The maximum Gasteiger partial charge on any atom is 0.134 e. The van der Waals surface area contributed by atoms with E-state index in [9.17, 15) is 0 Å². The molecule has 0 radical (unpaired) electrons. The Labute approximate surface area is 115 Å². The normalized spacial score (nSPS) is 21.7. The first-order valence-electron chi connectivity index (χ1n) is 7.51. The van der Waals surface area contributed by atoms with Gasteiger partial charge in [0.05, 0.1) is 0 Å². The van der Waals surface area contributed by atoms with E-state index in [1.54, 1.807) is 0 Å². The molecule has 1 aliphatic heterocycles. The van der Waals surface area contributed by atoms with Gasteiger partial charge in [0.2, 0.25) is 0 Å². The number of ether oxygens (including phenoxy) is 1. The molecule has 0 spiro atoms. The van der Waals surface area contributed by atoms with Crippen molar-refractivity contribution in [2.75, 3.05) is 25.6 Å². The molecule has 2 fully saturated rings. The Bertz CT molecular complexity index is 423. The summed E-state index contributed by atoms with van der Waals surface area (Å²) in [4.78, 5) is 9.55. The van der Waals surface area contributed by atoms with Crippen LogP contribution in [-0.2, 0) is 4.74 Å². The summed E-state index contributed by atoms with van der Waals surface area (Å²) in [5.41, 5.74) is 1.25. The van der Waals surface area contributed by atoms with E-state index in [1.807, 2.05) is 7.05 Å². The molecule has 0 aromatic carbocycles. The van der Waals surface area contributed by atoms with Gasteiger partial charge in [-0.15, -0.1) is 0 Å². The average molecular weight is 261 g/mol. The topological polar surface area (TPSA) is 47.0 Å². The Morgan fingerprint density at radius 1 is 1.05 bits per heavy atom. The zero-order chi connectivity index (χ0) is 13.1. The van der Waals surface area contributed by atoms with E-state index in [2.05, 4.69) is 16.4 Å². The highest BCUT2D eigenvalue weighted by molar-refractivity contribution is 5.37. The second kappa shape index (κ2) is 5.87. The number of nitrogens with one attached hydrogen (secondary N) is 1. The molecule has 1 aromatic rings. The molecular formula is C15H23N3O. The van der Waals surface area contributed by atoms with Gasteiger partial charge in [0, 0.05) is 43.9 Å². The molecule has 1 N–H and O–H groups in total. The summed E-state index contributed by atoms with van der Waals surface area (Å²) in [5, 5.41) is 3.19. The fraction of sp³-hybridized carbons (Fsp3) is 0.733. The fourth-order valence-corrected chi connectivity index (χ4v) is 3.18. The molecule has 1 aliphatic carbocycles. The summed E-state index contributed by atoms with van der Waals surface area (Å²) < 4.78 is 5.44. The third-order valence-electron chi connectivity index (χ3n) is 4.38. The molecule has 104 valence electrons. The minimum absolute atomic E-state index is 0.474. The molecule has 4 heteroatoms. The Morgan fingerprint density at radius 2 is 1.79 bits per heavy atom. The lowest BCUT2D eigenvalue weighted by molar-refractivity contribution is 0.0835. The number of aromatic nitrogens is 2. The summed E-state index contributed by atoms with van der Waals surface area (Å²) in [5.74, 6) is 3.12. The van der Waals surface area contributed by atoms with Crippen LogP contribution in [-0.4, -0.2) is 30.2 Å². The van der Waals surface area contributed by atoms with E-state index in [0.717, 1.165) is 37.7 Å². The number of nitrogens with zero attached hydrogens (tertiary/aromatic N) is 2. The van der Waals surface area contributed by atoms with Gasteiger partial charge in [-0.05, 0) is 25.7 Å². The van der Waals surface area contributed by atoms with Gasteiger partial charge in [0.25, 0.3) is 0 Å². The van der Waals surface area contributed by atoms with Crippen LogP contribution in [0.15, 0.2) is 6.07 Å². The van der Waals surface area contributed by atoms with Crippen LogP contribution in [0.5, 0.6) is 0 Å². The highest BCUT2D eigenvalue weighted by atomic mass is 16.5. The standard InChI is InChI=1S/C15H23N3O/c1-16-14-10-13(11-4-2-3-5-11)17-15(18-14)12-6-8-19-9-7-12/h10-12H,2-9H2,1H3,(H,16,17,18). The van der Waals surface area contributed by atoms with E-state index in [-0.39, 0.29) is 0 Å². The Balaban J connectivity index is 1.87. The number of rotatable bonds is 3. The van der Waals surface area contributed by atoms with Gasteiger partial charge in [-0.2, -0.15) is 0 Å². The number of hydrogen-bond acceptors (Lipinski definition) is 4. The van der Waals surface area contributed by atoms with Gasteiger partial charge < -0.3 is 10.1 Å². The number of hydrogen-bond donors (Lipinski definition) is 1. The van der Waals surface area contributed by atoms with Gasteiger partial charge >= 0.3 is 0 Å². The lowest BCUT2D eigenvalue weighted by atomic mass is 9.98. The van der Waals surface area contributed by atoms with Crippen LogP contribution in [0.3, 0.4) is 0 Å². The van der Waals surface area contributed by atoms with Crippen molar-refractivity contribution in [1.82, 2.24) is 9.97 Å². The van der Waals surface area contributed by atoms with Gasteiger partial charge in [0.15, 0.2) is 0 Å². The lowest BCUT2D eigenvalue weighted by Gasteiger charge is -2.22.